The fourth-order valence-corrected chi connectivity index (χ4v) is 4.60. The minimum atomic E-state index is -1.41. The van der Waals surface area contributed by atoms with Crippen molar-refractivity contribution < 1.29 is 19.4 Å². The molecular weight excluding hydrogens is 562 g/mol. The zero-order chi connectivity index (χ0) is 27.7. The van der Waals surface area contributed by atoms with Gasteiger partial charge in [0.05, 0.1) is 6.61 Å². The number of carbonyl (C=O) groups excluding carboxylic acids is 1. The summed E-state index contributed by atoms with van der Waals surface area (Å²) in [5.41, 5.74) is 10.2. The molecule has 3 aromatic rings. The number of amides is 1. The number of nitrogens with zero attached hydrogens (tertiary/aromatic N) is 4. The molecule has 3 aromatic carbocycles. The van der Waals surface area contributed by atoms with Crippen molar-refractivity contribution in [3.05, 3.63) is 117 Å². The molecule has 2 atom stereocenters. The monoisotopic (exact) mass is 589 g/mol. The predicted molar refractivity (Wildman–Crippen MR) is 153 cm³/mol. The lowest BCUT2D eigenvalue weighted by molar-refractivity contribution is -0.128. The van der Waals surface area contributed by atoms with Crippen LogP contribution in [0.25, 0.3) is 10.4 Å². The highest BCUT2D eigenvalue weighted by atomic mass is 79.9. The number of aliphatic hydroxyl groups is 1. The molecule has 200 valence electrons. The Bertz CT molecular complexity index is 1390. The number of rotatable bonds is 12. The van der Waals surface area contributed by atoms with E-state index in [-0.39, 0.29) is 25.5 Å². The summed E-state index contributed by atoms with van der Waals surface area (Å²) >= 11 is 3.47. The highest BCUT2D eigenvalue weighted by Gasteiger charge is 2.53. The van der Waals surface area contributed by atoms with Crippen LogP contribution in [0.2, 0.25) is 0 Å². The number of aliphatic hydroxyl groups excluding tert-OH is 1. The van der Waals surface area contributed by atoms with Crippen molar-refractivity contribution in [2.45, 2.75) is 24.5 Å². The first-order valence-corrected chi connectivity index (χ1v) is 13.2. The Kier molecular flexibility index (Phi) is 9.38. The minimum absolute atomic E-state index is 0.0545. The van der Waals surface area contributed by atoms with Crippen molar-refractivity contribution in [2.24, 2.45) is 10.1 Å². The highest BCUT2D eigenvalue weighted by molar-refractivity contribution is 9.10. The van der Waals surface area contributed by atoms with Crippen LogP contribution in [-0.2, 0) is 16.0 Å². The van der Waals surface area contributed by atoms with Crippen LogP contribution in [-0.4, -0.2) is 42.2 Å². The maximum Gasteiger partial charge on any atom is 0.252 e. The number of hydrogen-bond donors (Lipinski definition) is 2. The molecule has 0 aromatic heterocycles. The molecule has 10 heteroatoms. The molecule has 0 saturated heterocycles. The number of aliphatic imine (C=N–C) groups is 1. The van der Waals surface area contributed by atoms with Gasteiger partial charge < -0.3 is 19.9 Å². The lowest BCUT2D eigenvalue weighted by atomic mass is 9.81. The first kappa shape index (κ1) is 27.9. The molecule has 0 saturated carbocycles. The maximum absolute atomic E-state index is 13.9. The van der Waals surface area contributed by atoms with Gasteiger partial charge >= 0.3 is 0 Å². The van der Waals surface area contributed by atoms with Gasteiger partial charge in [-0.25, -0.2) is 4.99 Å². The van der Waals surface area contributed by atoms with Crippen LogP contribution in [0.15, 0.2) is 100 Å². The lowest BCUT2D eigenvalue weighted by Gasteiger charge is -2.31. The summed E-state index contributed by atoms with van der Waals surface area (Å²) in [7, 11) is 0. The van der Waals surface area contributed by atoms with Gasteiger partial charge in [0.15, 0.2) is 11.6 Å². The van der Waals surface area contributed by atoms with Crippen LogP contribution in [0.5, 0.6) is 5.75 Å². The van der Waals surface area contributed by atoms with Gasteiger partial charge in [0, 0.05) is 46.6 Å². The van der Waals surface area contributed by atoms with Crippen LogP contribution in [0.1, 0.15) is 29.2 Å². The lowest BCUT2D eigenvalue weighted by Crippen LogP contribution is -2.50. The first-order valence-electron chi connectivity index (χ1n) is 12.4. The number of carbonyl (C=O) groups is 1. The molecule has 0 radical (unpaired) electrons. The third-order valence-corrected chi connectivity index (χ3v) is 6.74. The van der Waals surface area contributed by atoms with Crippen LogP contribution in [0, 0.1) is 0 Å². The van der Waals surface area contributed by atoms with Crippen LogP contribution in [0.4, 0.5) is 5.69 Å². The predicted octanol–water partition coefficient (Wildman–Crippen LogP) is 5.95. The van der Waals surface area contributed by atoms with Crippen molar-refractivity contribution >= 4 is 33.4 Å². The Morgan fingerprint density at radius 3 is 2.64 bits per heavy atom. The maximum atomic E-state index is 13.9. The summed E-state index contributed by atoms with van der Waals surface area (Å²) in [4.78, 5) is 21.8. The zero-order valence-electron chi connectivity index (χ0n) is 21.2. The van der Waals surface area contributed by atoms with Crippen LogP contribution < -0.4 is 10.1 Å². The Labute approximate surface area is 234 Å². The molecule has 0 bridgehead atoms. The average molecular weight is 590 g/mol. The van der Waals surface area contributed by atoms with Crippen molar-refractivity contribution in [1.82, 2.24) is 5.32 Å². The standard InChI is InChI=1S/C29H28BrN5O4/c1-2-16-32-28(37)29(19-22-6-3-4-7-25(22)34-35-31)26(20-8-12-23(30)13-9-20)39-27(33-29)21-10-14-24(15-11-21)38-18-5-17-36/h2-4,6-15,26,36H,1,5,16-19H2,(H,32,37)/t26-,29-/m1/s1. The topological polar surface area (TPSA) is 129 Å². The van der Waals surface area contributed by atoms with Crippen molar-refractivity contribution in [3.63, 3.8) is 0 Å². The van der Waals surface area contributed by atoms with Gasteiger partial charge in [-0.2, -0.15) is 0 Å². The number of halogens is 1. The molecule has 1 amide bonds. The number of azide groups is 1. The fraction of sp³-hybridized carbons (Fsp3) is 0.241. The van der Waals surface area contributed by atoms with E-state index in [1.54, 1.807) is 30.3 Å². The van der Waals surface area contributed by atoms with E-state index in [0.29, 0.717) is 41.5 Å². The number of benzene rings is 3. The Morgan fingerprint density at radius 2 is 1.95 bits per heavy atom. The number of ether oxygens (including phenoxy) is 2. The van der Waals surface area contributed by atoms with E-state index < -0.39 is 11.6 Å². The molecule has 0 aliphatic carbocycles. The van der Waals surface area contributed by atoms with Gasteiger partial charge in [0.25, 0.3) is 5.91 Å². The van der Waals surface area contributed by atoms with Gasteiger partial charge in [-0.3, -0.25) is 4.79 Å². The molecular formula is C29H28BrN5O4. The smallest absolute Gasteiger partial charge is 0.252 e. The average Bonchev–Trinajstić information content (AvgIpc) is 3.34. The number of hydrogen-bond acceptors (Lipinski definition) is 6. The molecule has 0 spiro atoms. The molecule has 0 unspecified atom stereocenters. The second-order valence-corrected chi connectivity index (χ2v) is 9.75. The second kappa shape index (κ2) is 13.1. The normalized spacial score (nSPS) is 17.9. The SMILES string of the molecule is C=CCNC(=O)[C@]1(Cc2ccccc2N=[N+]=[N-])N=C(c2ccc(OCCCO)cc2)O[C@@H]1c1ccc(Br)cc1. The minimum Gasteiger partial charge on any atom is -0.494 e. The molecule has 2 N–H and O–H groups in total. The third-order valence-electron chi connectivity index (χ3n) is 6.21. The van der Waals surface area contributed by atoms with Gasteiger partial charge in [0.2, 0.25) is 5.90 Å². The third kappa shape index (κ3) is 6.49. The van der Waals surface area contributed by atoms with E-state index in [1.807, 2.05) is 48.5 Å². The van der Waals surface area contributed by atoms with Gasteiger partial charge in [0.1, 0.15) is 5.75 Å². The molecule has 1 aliphatic rings. The first-order chi connectivity index (χ1) is 19.0. The summed E-state index contributed by atoms with van der Waals surface area (Å²) in [6, 6.07) is 21.9. The van der Waals surface area contributed by atoms with Gasteiger partial charge in [-0.15, -0.1) is 6.58 Å². The van der Waals surface area contributed by atoms with Gasteiger partial charge in [-0.05, 0) is 53.1 Å². The second-order valence-electron chi connectivity index (χ2n) is 8.83. The van der Waals surface area contributed by atoms with Crippen molar-refractivity contribution in [2.75, 3.05) is 19.8 Å². The van der Waals surface area contributed by atoms with E-state index in [2.05, 4.69) is 37.9 Å². The summed E-state index contributed by atoms with van der Waals surface area (Å²) in [5.74, 6) is 0.610. The largest absolute Gasteiger partial charge is 0.494 e. The summed E-state index contributed by atoms with van der Waals surface area (Å²) in [6.07, 6.45) is 1.48. The van der Waals surface area contributed by atoms with Gasteiger partial charge in [-0.1, -0.05) is 63.5 Å². The molecule has 1 aliphatic heterocycles. The Hall–Kier alpha value is -4.11. The summed E-state index contributed by atoms with van der Waals surface area (Å²) in [6.45, 7) is 4.42. The molecule has 1 heterocycles. The van der Waals surface area contributed by atoms with E-state index in [9.17, 15) is 4.79 Å². The summed E-state index contributed by atoms with van der Waals surface area (Å²) in [5, 5.41) is 15.7. The Balaban J connectivity index is 1.81. The highest BCUT2D eigenvalue weighted by Crippen LogP contribution is 2.44. The van der Waals surface area contributed by atoms with Crippen molar-refractivity contribution in [1.29, 1.82) is 0 Å². The molecule has 0 fully saturated rings. The summed E-state index contributed by atoms with van der Waals surface area (Å²) < 4.78 is 13.0. The Morgan fingerprint density at radius 1 is 1.21 bits per heavy atom. The van der Waals surface area contributed by atoms with E-state index in [0.717, 1.165) is 10.0 Å². The fourth-order valence-electron chi connectivity index (χ4n) is 4.33. The van der Waals surface area contributed by atoms with E-state index in [4.69, 9.17) is 25.1 Å². The van der Waals surface area contributed by atoms with E-state index in [1.165, 1.54) is 0 Å². The zero-order valence-corrected chi connectivity index (χ0v) is 22.8. The van der Waals surface area contributed by atoms with Crippen molar-refractivity contribution in [3.8, 4) is 5.75 Å². The molecule has 9 nitrogen and oxygen atoms in total. The quantitative estimate of drug-likeness (QED) is 0.0888. The molecule has 39 heavy (non-hydrogen) atoms. The van der Waals surface area contributed by atoms with Crippen LogP contribution in [0.3, 0.4) is 0 Å². The van der Waals surface area contributed by atoms with E-state index >= 15 is 0 Å². The molecule has 4 rings (SSSR count). The van der Waals surface area contributed by atoms with Crippen LogP contribution >= 0.6 is 15.9 Å². The number of nitrogens with one attached hydrogen (secondary N) is 1.